The Morgan fingerprint density at radius 3 is 2.79 bits per heavy atom. The van der Waals surface area contributed by atoms with Gasteiger partial charge >= 0.3 is 0 Å². The van der Waals surface area contributed by atoms with Gasteiger partial charge in [-0.25, -0.2) is 4.68 Å². The highest BCUT2D eigenvalue weighted by Crippen LogP contribution is 2.22. The molecule has 6 nitrogen and oxygen atoms in total. The third kappa shape index (κ3) is 3.66. The molecule has 2 aromatic rings. The first-order chi connectivity index (χ1) is 11.7. The Hall–Kier alpha value is -2.18. The van der Waals surface area contributed by atoms with E-state index in [-0.39, 0.29) is 17.9 Å². The normalized spacial score (nSPS) is 18.1. The number of aromatic nitrogens is 2. The molecule has 6 heteroatoms. The van der Waals surface area contributed by atoms with Crippen LogP contribution in [-0.2, 0) is 9.53 Å². The standard InChI is InChI=1S/C18H24N4O2/c1-13(21-18(23)17(19)14-7-11-24-12-8-14)15-5-2-3-6-16(15)22-10-4-9-20-22/h2-6,9-10,13-14,17H,7-8,11-12,19H2,1H3,(H,21,23). The Kier molecular flexibility index (Phi) is 5.27. The van der Waals surface area contributed by atoms with E-state index in [2.05, 4.69) is 10.4 Å². The third-order valence-corrected chi connectivity index (χ3v) is 4.59. The van der Waals surface area contributed by atoms with E-state index >= 15 is 0 Å². The molecule has 2 heterocycles. The molecule has 1 saturated heterocycles. The summed E-state index contributed by atoms with van der Waals surface area (Å²) in [6.45, 7) is 3.34. The molecule has 1 amide bonds. The van der Waals surface area contributed by atoms with Crippen LogP contribution in [0.5, 0.6) is 0 Å². The van der Waals surface area contributed by atoms with Crippen molar-refractivity contribution in [3.63, 3.8) is 0 Å². The fourth-order valence-electron chi connectivity index (χ4n) is 3.15. The number of carbonyl (C=O) groups is 1. The Morgan fingerprint density at radius 2 is 2.08 bits per heavy atom. The van der Waals surface area contributed by atoms with Gasteiger partial charge in [-0.05, 0) is 43.4 Å². The first kappa shape index (κ1) is 16.7. The van der Waals surface area contributed by atoms with Crippen molar-refractivity contribution in [1.29, 1.82) is 0 Å². The van der Waals surface area contributed by atoms with Crippen molar-refractivity contribution >= 4 is 5.91 Å². The monoisotopic (exact) mass is 328 g/mol. The van der Waals surface area contributed by atoms with Gasteiger partial charge in [0.1, 0.15) is 0 Å². The van der Waals surface area contributed by atoms with E-state index in [1.54, 1.807) is 10.9 Å². The fraction of sp³-hybridized carbons (Fsp3) is 0.444. The van der Waals surface area contributed by atoms with Gasteiger partial charge < -0.3 is 15.8 Å². The lowest BCUT2D eigenvalue weighted by Crippen LogP contribution is -2.47. The van der Waals surface area contributed by atoms with Gasteiger partial charge in [0.15, 0.2) is 0 Å². The van der Waals surface area contributed by atoms with Gasteiger partial charge in [0.2, 0.25) is 5.91 Å². The van der Waals surface area contributed by atoms with E-state index in [4.69, 9.17) is 10.5 Å². The smallest absolute Gasteiger partial charge is 0.237 e. The number of rotatable bonds is 5. The van der Waals surface area contributed by atoms with Gasteiger partial charge in [-0.1, -0.05) is 18.2 Å². The van der Waals surface area contributed by atoms with Crippen LogP contribution in [0.1, 0.15) is 31.4 Å². The molecule has 2 atom stereocenters. The lowest BCUT2D eigenvalue weighted by molar-refractivity contribution is -0.125. The second-order valence-corrected chi connectivity index (χ2v) is 6.22. The molecule has 0 spiro atoms. The Morgan fingerprint density at radius 1 is 1.33 bits per heavy atom. The summed E-state index contributed by atoms with van der Waals surface area (Å²) in [5, 5.41) is 7.33. The molecule has 3 N–H and O–H groups in total. The van der Waals surface area contributed by atoms with Gasteiger partial charge in [0, 0.05) is 25.6 Å². The summed E-state index contributed by atoms with van der Waals surface area (Å²) in [7, 11) is 0. The number of benzene rings is 1. The summed E-state index contributed by atoms with van der Waals surface area (Å²) in [5.74, 6) is 0.0805. The van der Waals surface area contributed by atoms with Crippen LogP contribution in [-0.4, -0.2) is 34.9 Å². The minimum atomic E-state index is -0.492. The van der Waals surface area contributed by atoms with Crippen LogP contribution in [0.3, 0.4) is 0 Å². The van der Waals surface area contributed by atoms with E-state index < -0.39 is 6.04 Å². The first-order valence-electron chi connectivity index (χ1n) is 8.39. The topological polar surface area (TPSA) is 82.2 Å². The second kappa shape index (κ2) is 7.59. The Bertz CT molecular complexity index is 665. The lowest BCUT2D eigenvalue weighted by atomic mass is 9.91. The average Bonchev–Trinajstić information content (AvgIpc) is 3.16. The van der Waals surface area contributed by atoms with Gasteiger partial charge in [-0.3, -0.25) is 4.79 Å². The van der Waals surface area contributed by atoms with Crippen molar-refractivity contribution in [2.75, 3.05) is 13.2 Å². The highest BCUT2D eigenvalue weighted by molar-refractivity contribution is 5.82. The van der Waals surface area contributed by atoms with Crippen LogP contribution in [0.25, 0.3) is 5.69 Å². The summed E-state index contributed by atoms with van der Waals surface area (Å²) in [6, 6.07) is 9.15. The van der Waals surface area contributed by atoms with E-state index in [9.17, 15) is 4.79 Å². The maximum Gasteiger partial charge on any atom is 0.237 e. The highest BCUT2D eigenvalue weighted by atomic mass is 16.5. The van der Waals surface area contributed by atoms with E-state index in [0.29, 0.717) is 13.2 Å². The van der Waals surface area contributed by atoms with Crippen LogP contribution < -0.4 is 11.1 Å². The van der Waals surface area contributed by atoms with Crippen LogP contribution >= 0.6 is 0 Å². The quantitative estimate of drug-likeness (QED) is 0.877. The molecular weight excluding hydrogens is 304 g/mol. The number of nitrogens with zero attached hydrogens (tertiary/aromatic N) is 2. The zero-order valence-electron chi connectivity index (χ0n) is 13.9. The number of carbonyl (C=O) groups excluding carboxylic acids is 1. The molecule has 2 unspecified atom stereocenters. The minimum Gasteiger partial charge on any atom is -0.381 e. The van der Waals surface area contributed by atoms with Crippen LogP contribution in [0.15, 0.2) is 42.7 Å². The number of hydrogen-bond acceptors (Lipinski definition) is 4. The van der Waals surface area contributed by atoms with Crippen molar-refractivity contribution < 1.29 is 9.53 Å². The maximum absolute atomic E-state index is 12.5. The number of para-hydroxylation sites is 1. The molecule has 3 rings (SSSR count). The summed E-state index contributed by atoms with van der Waals surface area (Å²) in [6.07, 6.45) is 5.31. The zero-order valence-corrected chi connectivity index (χ0v) is 13.9. The van der Waals surface area contributed by atoms with Gasteiger partial charge in [0.25, 0.3) is 0 Å². The SMILES string of the molecule is CC(NC(=O)C(N)C1CCOCC1)c1ccccc1-n1cccn1. The number of nitrogens with two attached hydrogens (primary N) is 1. The molecule has 0 bridgehead atoms. The predicted molar refractivity (Wildman–Crippen MR) is 91.6 cm³/mol. The number of hydrogen-bond donors (Lipinski definition) is 2. The number of ether oxygens (including phenoxy) is 1. The Balaban J connectivity index is 1.71. The van der Waals surface area contributed by atoms with Crippen LogP contribution in [0.2, 0.25) is 0 Å². The molecule has 1 aliphatic rings. The predicted octanol–water partition coefficient (Wildman–Crippen LogP) is 1.80. The lowest BCUT2D eigenvalue weighted by Gasteiger charge is -2.28. The summed E-state index contributed by atoms with van der Waals surface area (Å²) in [4.78, 5) is 12.5. The molecule has 0 aliphatic carbocycles. The summed E-state index contributed by atoms with van der Waals surface area (Å²) >= 11 is 0. The van der Waals surface area contributed by atoms with Crippen LogP contribution in [0.4, 0.5) is 0 Å². The van der Waals surface area contributed by atoms with E-state index in [1.807, 2.05) is 43.5 Å². The van der Waals surface area contributed by atoms with Crippen molar-refractivity contribution in [2.45, 2.75) is 31.8 Å². The third-order valence-electron chi connectivity index (χ3n) is 4.59. The van der Waals surface area contributed by atoms with E-state index in [0.717, 1.165) is 24.1 Å². The van der Waals surface area contributed by atoms with Crippen molar-refractivity contribution in [3.8, 4) is 5.69 Å². The van der Waals surface area contributed by atoms with E-state index in [1.165, 1.54) is 0 Å². The largest absolute Gasteiger partial charge is 0.381 e. The number of amides is 1. The molecule has 1 aliphatic heterocycles. The zero-order chi connectivity index (χ0) is 16.9. The van der Waals surface area contributed by atoms with Crippen molar-refractivity contribution in [2.24, 2.45) is 11.7 Å². The second-order valence-electron chi connectivity index (χ2n) is 6.22. The average molecular weight is 328 g/mol. The molecule has 1 aromatic carbocycles. The minimum absolute atomic E-state index is 0.107. The Labute approximate surface area is 142 Å². The molecule has 128 valence electrons. The number of nitrogens with one attached hydrogen (secondary N) is 1. The first-order valence-corrected chi connectivity index (χ1v) is 8.39. The van der Waals surface area contributed by atoms with Gasteiger partial charge in [-0.15, -0.1) is 0 Å². The molecular formula is C18H24N4O2. The van der Waals surface area contributed by atoms with Crippen LogP contribution in [0, 0.1) is 5.92 Å². The van der Waals surface area contributed by atoms with Gasteiger partial charge in [0.05, 0.1) is 17.8 Å². The molecule has 0 saturated carbocycles. The van der Waals surface area contributed by atoms with Crippen molar-refractivity contribution in [1.82, 2.24) is 15.1 Å². The molecule has 1 fully saturated rings. The summed E-state index contributed by atoms with van der Waals surface area (Å²) < 4.78 is 7.14. The molecule has 0 radical (unpaired) electrons. The maximum atomic E-state index is 12.5. The van der Waals surface area contributed by atoms with Crippen molar-refractivity contribution in [3.05, 3.63) is 48.3 Å². The molecule has 24 heavy (non-hydrogen) atoms. The van der Waals surface area contributed by atoms with Gasteiger partial charge in [-0.2, -0.15) is 5.10 Å². The summed E-state index contributed by atoms with van der Waals surface area (Å²) in [5.41, 5.74) is 8.13. The highest BCUT2D eigenvalue weighted by Gasteiger charge is 2.27. The fourth-order valence-corrected chi connectivity index (χ4v) is 3.15. The molecule has 1 aromatic heterocycles.